The van der Waals surface area contributed by atoms with Gasteiger partial charge in [0.25, 0.3) is 5.56 Å². The summed E-state index contributed by atoms with van der Waals surface area (Å²) in [6.45, 7) is 0.384. The van der Waals surface area contributed by atoms with E-state index in [0.717, 1.165) is 34.5 Å². The van der Waals surface area contributed by atoms with Crippen LogP contribution in [0, 0.1) is 0 Å². The molecule has 0 radical (unpaired) electrons. The fraction of sp³-hybridized carbons (Fsp3) is 0.133. The molecule has 0 fully saturated rings. The standard InChI is InChI=1S/C30H24F3N3O/c1-35(19-21-12-14-24(15-13-21)30(31,32)33)25-16-17-27-26(18-25)29(37)36(20-34-27)28(22-8-4-2-5-9-22)23-10-6-3-7-11-23/h2-18,20,28H,19H2,1H3. The number of alkyl halides is 3. The summed E-state index contributed by atoms with van der Waals surface area (Å²) in [5.41, 5.74) is 3.15. The number of hydrogen-bond donors (Lipinski definition) is 0. The first-order chi connectivity index (χ1) is 17.8. The van der Waals surface area contributed by atoms with E-state index in [4.69, 9.17) is 0 Å². The third kappa shape index (κ3) is 5.11. The Morgan fingerprint density at radius 3 is 2.00 bits per heavy atom. The molecule has 0 spiro atoms. The summed E-state index contributed by atoms with van der Waals surface area (Å²) in [4.78, 5) is 20.2. The minimum absolute atomic E-state index is 0.174. The molecule has 0 aliphatic carbocycles. The van der Waals surface area contributed by atoms with Gasteiger partial charge in [-0.3, -0.25) is 9.36 Å². The lowest BCUT2D eigenvalue weighted by Gasteiger charge is -2.22. The molecule has 1 aromatic heterocycles. The van der Waals surface area contributed by atoms with Gasteiger partial charge in [-0.05, 0) is 47.0 Å². The van der Waals surface area contributed by atoms with Gasteiger partial charge in [-0.15, -0.1) is 0 Å². The van der Waals surface area contributed by atoms with Crippen molar-refractivity contribution in [3.8, 4) is 0 Å². The molecule has 186 valence electrons. The van der Waals surface area contributed by atoms with Gasteiger partial charge in [0.15, 0.2) is 0 Å². The molecular weight excluding hydrogens is 475 g/mol. The number of halogens is 3. The summed E-state index contributed by atoms with van der Waals surface area (Å²) in [6, 6.07) is 29.8. The van der Waals surface area contributed by atoms with Crippen LogP contribution in [0.1, 0.15) is 28.3 Å². The minimum Gasteiger partial charge on any atom is -0.370 e. The monoisotopic (exact) mass is 499 g/mol. The van der Waals surface area contributed by atoms with Crippen LogP contribution in [0.4, 0.5) is 18.9 Å². The predicted molar refractivity (Wildman–Crippen MR) is 140 cm³/mol. The van der Waals surface area contributed by atoms with Crippen LogP contribution in [0.5, 0.6) is 0 Å². The second kappa shape index (κ2) is 9.93. The number of rotatable bonds is 6. The van der Waals surface area contributed by atoms with Crippen molar-refractivity contribution in [2.75, 3.05) is 11.9 Å². The number of fused-ring (bicyclic) bond motifs is 1. The molecule has 0 amide bonds. The first-order valence-electron chi connectivity index (χ1n) is 11.8. The molecule has 7 heteroatoms. The Morgan fingerprint density at radius 2 is 1.43 bits per heavy atom. The molecule has 0 unspecified atom stereocenters. The second-order valence-corrected chi connectivity index (χ2v) is 8.93. The van der Waals surface area contributed by atoms with Crippen molar-refractivity contribution in [1.29, 1.82) is 0 Å². The Morgan fingerprint density at radius 1 is 0.838 bits per heavy atom. The smallest absolute Gasteiger partial charge is 0.370 e. The SMILES string of the molecule is CN(Cc1ccc(C(F)(F)F)cc1)c1ccc2ncn(C(c3ccccc3)c3ccccc3)c(=O)c2c1. The van der Waals surface area contributed by atoms with E-state index in [9.17, 15) is 18.0 Å². The summed E-state index contributed by atoms with van der Waals surface area (Å²) in [5, 5.41) is 0.469. The molecule has 5 aromatic rings. The van der Waals surface area contributed by atoms with Gasteiger partial charge in [0, 0.05) is 19.3 Å². The largest absolute Gasteiger partial charge is 0.416 e. The fourth-order valence-electron chi connectivity index (χ4n) is 4.49. The fourth-order valence-corrected chi connectivity index (χ4v) is 4.49. The van der Waals surface area contributed by atoms with Crippen molar-refractivity contribution < 1.29 is 13.2 Å². The van der Waals surface area contributed by atoms with Crippen LogP contribution < -0.4 is 10.5 Å². The maximum Gasteiger partial charge on any atom is 0.416 e. The zero-order valence-corrected chi connectivity index (χ0v) is 20.1. The maximum absolute atomic E-state index is 13.8. The molecular formula is C30H24F3N3O. The van der Waals surface area contributed by atoms with E-state index in [1.165, 1.54) is 12.1 Å². The van der Waals surface area contributed by atoms with E-state index in [2.05, 4.69) is 4.98 Å². The molecule has 4 nitrogen and oxygen atoms in total. The molecule has 0 atom stereocenters. The lowest BCUT2D eigenvalue weighted by Crippen LogP contribution is -2.27. The van der Waals surface area contributed by atoms with Gasteiger partial charge >= 0.3 is 6.18 Å². The summed E-state index contributed by atoms with van der Waals surface area (Å²) in [6.07, 6.45) is -2.78. The molecule has 0 aliphatic heterocycles. The lowest BCUT2D eigenvalue weighted by molar-refractivity contribution is -0.137. The topological polar surface area (TPSA) is 38.1 Å². The van der Waals surface area contributed by atoms with Crippen LogP contribution >= 0.6 is 0 Å². The summed E-state index contributed by atoms with van der Waals surface area (Å²) < 4.78 is 40.3. The van der Waals surface area contributed by atoms with Gasteiger partial charge in [0.2, 0.25) is 0 Å². The van der Waals surface area contributed by atoms with Gasteiger partial charge in [0.1, 0.15) is 0 Å². The van der Waals surface area contributed by atoms with Gasteiger partial charge < -0.3 is 4.90 Å². The molecule has 1 heterocycles. The number of aromatic nitrogens is 2. The zero-order valence-electron chi connectivity index (χ0n) is 20.1. The first-order valence-corrected chi connectivity index (χ1v) is 11.8. The summed E-state index contributed by atoms with van der Waals surface area (Å²) in [5.74, 6) is 0. The third-order valence-electron chi connectivity index (χ3n) is 6.42. The van der Waals surface area contributed by atoms with Crippen LogP contribution in [0.25, 0.3) is 10.9 Å². The normalized spacial score (nSPS) is 11.7. The van der Waals surface area contributed by atoms with Crippen LogP contribution in [-0.4, -0.2) is 16.6 Å². The van der Waals surface area contributed by atoms with Crippen LogP contribution in [0.3, 0.4) is 0 Å². The van der Waals surface area contributed by atoms with Crippen LogP contribution in [0.15, 0.2) is 114 Å². The molecule has 0 saturated heterocycles. The third-order valence-corrected chi connectivity index (χ3v) is 6.42. The Bertz CT molecular complexity index is 1520. The van der Waals surface area contributed by atoms with Crippen molar-refractivity contribution in [3.05, 3.63) is 142 Å². The summed E-state index contributed by atoms with van der Waals surface area (Å²) in [7, 11) is 1.84. The average Bonchev–Trinajstić information content (AvgIpc) is 2.91. The van der Waals surface area contributed by atoms with E-state index in [0.29, 0.717) is 17.4 Å². The highest BCUT2D eigenvalue weighted by Crippen LogP contribution is 2.30. The van der Waals surface area contributed by atoms with Gasteiger partial charge in [-0.1, -0.05) is 72.8 Å². The van der Waals surface area contributed by atoms with E-state index < -0.39 is 11.7 Å². The molecule has 0 aliphatic rings. The van der Waals surface area contributed by atoms with Crippen molar-refractivity contribution in [3.63, 3.8) is 0 Å². The van der Waals surface area contributed by atoms with E-state index >= 15 is 0 Å². The second-order valence-electron chi connectivity index (χ2n) is 8.93. The van der Waals surface area contributed by atoms with E-state index in [1.54, 1.807) is 23.0 Å². The first kappa shape index (κ1) is 24.3. The molecule has 5 rings (SSSR count). The van der Waals surface area contributed by atoms with Gasteiger partial charge in [-0.2, -0.15) is 13.2 Å². The van der Waals surface area contributed by atoms with E-state index in [1.807, 2.05) is 78.7 Å². The van der Waals surface area contributed by atoms with Crippen molar-refractivity contribution in [2.24, 2.45) is 0 Å². The zero-order chi connectivity index (χ0) is 26.0. The summed E-state index contributed by atoms with van der Waals surface area (Å²) >= 11 is 0. The highest BCUT2D eigenvalue weighted by molar-refractivity contribution is 5.81. The Balaban J connectivity index is 1.51. The number of benzene rings is 4. The maximum atomic E-state index is 13.8. The number of nitrogens with zero attached hydrogens (tertiary/aromatic N) is 3. The van der Waals surface area contributed by atoms with E-state index in [-0.39, 0.29) is 11.6 Å². The van der Waals surface area contributed by atoms with Gasteiger partial charge in [0.05, 0.1) is 28.8 Å². The van der Waals surface area contributed by atoms with Crippen LogP contribution in [0.2, 0.25) is 0 Å². The molecule has 0 saturated carbocycles. The highest BCUT2D eigenvalue weighted by atomic mass is 19.4. The molecule has 4 aromatic carbocycles. The lowest BCUT2D eigenvalue weighted by atomic mass is 9.98. The number of hydrogen-bond acceptors (Lipinski definition) is 3. The quantitative estimate of drug-likeness (QED) is 0.261. The molecule has 0 N–H and O–H groups in total. The van der Waals surface area contributed by atoms with Crippen molar-refractivity contribution in [2.45, 2.75) is 18.8 Å². The van der Waals surface area contributed by atoms with Crippen molar-refractivity contribution >= 4 is 16.6 Å². The Kier molecular flexibility index (Phi) is 6.53. The van der Waals surface area contributed by atoms with Crippen molar-refractivity contribution in [1.82, 2.24) is 9.55 Å². The average molecular weight is 500 g/mol. The molecule has 0 bridgehead atoms. The Labute approximate surface area is 212 Å². The minimum atomic E-state index is -4.37. The molecule has 37 heavy (non-hydrogen) atoms. The predicted octanol–water partition coefficient (Wildman–Crippen LogP) is 6.69. The van der Waals surface area contributed by atoms with Gasteiger partial charge in [-0.25, -0.2) is 4.98 Å². The Hall–Kier alpha value is -4.39. The number of anilines is 1. The highest BCUT2D eigenvalue weighted by Gasteiger charge is 2.30. The van der Waals surface area contributed by atoms with Crippen LogP contribution in [-0.2, 0) is 12.7 Å².